The average molecular weight is 379 g/mol. The van der Waals surface area contributed by atoms with Gasteiger partial charge < -0.3 is 4.74 Å². The normalized spacial score (nSPS) is 14.8. The van der Waals surface area contributed by atoms with Crippen molar-refractivity contribution in [1.29, 1.82) is 0 Å². The fourth-order valence-electron chi connectivity index (χ4n) is 4.49. The van der Waals surface area contributed by atoms with E-state index < -0.39 is 0 Å². The van der Waals surface area contributed by atoms with Gasteiger partial charge in [-0.15, -0.1) is 0 Å². The van der Waals surface area contributed by atoms with E-state index in [0.29, 0.717) is 6.61 Å². The molecule has 0 fully saturated rings. The molecule has 0 aromatic heterocycles. The van der Waals surface area contributed by atoms with Gasteiger partial charge in [0, 0.05) is 5.56 Å². The molecule has 0 unspecified atom stereocenters. The van der Waals surface area contributed by atoms with Crippen molar-refractivity contribution in [3.8, 4) is 0 Å². The van der Waals surface area contributed by atoms with Gasteiger partial charge in [0.25, 0.3) is 0 Å². The van der Waals surface area contributed by atoms with E-state index >= 15 is 0 Å². The summed E-state index contributed by atoms with van der Waals surface area (Å²) in [6, 6.07) is 30.2. The summed E-state index contributed by atoms with van der Waals surface area (Å²) in [5.74, 6) is 0.978. The zero-order chi connectivity index (χ0) is 20.1. The van der Waals surface area contributed by atoms with Crippen molar-refractivity contribution in [3.63, 3.8) is 0 Å². The van der Waals surface area contributed by atoms with Gasteiger partial charge in [0.05, 0.1) is 5.41 Å². The van der Waals surface area contributed by atoms with Crippen LogP contribution in [-0.4, -0.2) is 6.61 Å². The number of rotatable bonds is 7. The van der Waals surface area contributed by atoms with Crippen molar-refractivity contribution in [2.75, 3.05) is 6.61 Å². The molecule has 0 N–H and O–H groups in total. The molecule has 0 saturated heterocycles. The smallest absolute Gasteiger partial charge is 0.128 e. The van der Waals surface area contributed by atoms with Gasteiger partial charge in [-0.3, -0.25) is 0 Å². The molecule has 144 valence electrons. The summed E-state index contributed by atoms with van der Waals surface area (Å²) >= 11 is 0. The van der Waals surface area contributed by atoms with Gasteiger partial charge in [-0.25, -0.2) is 0 Å². The lowest BCUT2D eigenvalue weighted by molar-refractivity contribution is 0.317. The summed E-state index contributed by atoms with van der Waals surface area (Å²) < 4.78 is 6.31. The molecule has 3 aromatic carbocycles. The number of benzene rings is 3. The molecule has 0 aliphatic heterocycles. The molecule has 0 spiro atoms. The third-order valence-electron chi connectivity index (χ3n) is 5.62. The molecule has 1 heteroatoms. The fraction of sp³-hybridized carbons (Fsp3) is 0.143. The Morgan fingerprint density at radius 2 is 1.41 bits per heavy atom. The molecule has 1 aliphatic carbocycles. The number of hydrogen-bond acceptors (Lipinski definition) is 1. The largest absolute Gasteiger partial charge is 0.489 e. The Labute approximate surface area is 173 Å². The minimum atomic E-state index is -0.380. The van der Waals surface area contributed by atoms with Gasteiger partial charge in [-0.1, -0.05) is 110 Å². The summed E-state index contributed by atoms with van der Waals surface area (Å²) in [6.45, 7) is 6.41. The first-order valence-electron chi connectivity index (χ1n) is 10.1. The Morgan fingerprint density at radius 3 is 2.00 bits per heavy atom. The van der Waals surface area contributed by atoms with Crippen LogP contribution in [0.15, 0.2) is 115 Å². The highest BCUT2D eigenvalue weighted by atomic mass is 16.5. The van der Waals surface area contributed by atoms with Gasteiger partial charge in [-0.05, 0) is 35.6 Å². The highest BCUT2D eigenvalue weighted by molar-refractivity contribution is 5.82. The second-order valence-corrected chi connectivity index (χ2v) is 7.21. The van der Waals surface area contributed by atoms with Crippen LogP contribution >= 0.6 is 0 Å². The van der Waals surface area contributed by atoms with E-state index in [2.05, 4.69) is 111 Å². The van der Waals surface area contributed by atoms with Crippen molar-refractivity contribution >= 4 is 5.76 Å². The van der Waals surface area contributed by atoms with Gasteiger partial charge >= 0.3 is 0 Å². The van der Waals surface area contributed by atoms with E-state index in [9.17, 15) is 0 Å². The van der Waals surface area contributed by atoms with Crippen molar-refractivity contribution in [3.05, 3.63) is 138 Å². The summed E-state index contributed by atoms with van der Waals surface area (Å²) in [6.07, 6.45) is 6.97. The number of allylic oxidation sites excluding steroid dienone is 3. The maximum Gasteiger partial charge on any atom is 0.128 e. The number of ether oxygens (including phenoxy) is 1. The minimum absolute atomic E-state index is 0.380. The highest BCUT2D eigenvalue weighted by Gasteiger charge is 2.47. The first kappa shape index (κ1) is 19.0. The van der Waals surface area contributed by atoms with E-state index in [-0.39, 0.29) is 5.41 Å². The van der Waals surface area contributed by atoms with Crippen molar-refractivity contribution in [1.82, 2.24) is 0 Å². The molecular weight excluding hydrogens is 352 g/mol. The molecule has 1 aliphatic rings. The van der Waals surface area contributed by atoms with Crippen molar-refractivity contribution < 1.29 is 4.74 Å². The Morgan fingerprint density at radius 1 is 0.828 bits per heavy atom. The van der Waals surface area contributed by atoms with Crippen LogP contribution in [0.1, 0.15) is 35.6 Å². The predicted molar refractivity (Wildman–Crippen MR) is 122 cm³/mol. The third kappa shape index (κ3) is 3.13. The number of fused-ring (bicyclic) bond motifs is 1. The number of hydrogen-bond donors (Lipinski definition) is 0. The molecule has 4 rings (SSSR count). The molecule has 1 nitrogen and oxygen atoms in total. The van der Waals surface area contributed by atoms with Crippen LogP contribution in [0.25, 0.3) is 5.76 Å². The summed E-state index contributed by atoms with van der Waals surface area (Å²) in [5, 5.41) is 0. The SMILES string of the molecule is C=CCOC1=C(C/C=C/C)C(c2ccccc2)(c2ccccc2)c2ccccc21. The van der Waals surface area contributed by atoms with E-state index in [4.69, 9.17) is 4.74 Å². The van der Waals surface area contributed by atoms with E-state index in [1.54, 1.807) is 0 Å². The first-order chi connectivity index (χ1) is 14.3. The monoisotopic (exact) mass is 378 g/mol. The van der Waals surface area contributed by atoms with Gasteiger partial charge in [0.15, 0.2) is 0 Å². The zero-order valence-electron chi connectivity index (χ0n) is 16.8. The molecule has 29 heavy (non-hydrogen) atoms. The average Bonchev–Trinajstić information content (AvgIpc) is 3.07. The standard InChI is InChI=1S/C28H26O/c1-3-5-19-26-27(29-21-4-2)24-18-12-13-20-25(24)28(26,22-14-8-6-9-15-22)23-16-10-7-11-17-23/h3-18,20H,2,19,21H2,1H3/b5-3+. The topological polar surface area (TPSA) is 9.23 Å². The Bertz CT molecular complexity index is 1000. The fourth-order valence-corrected chi connectivity index (χ4v) is 4.49. The minimum Gasteiger partial charge on any atom is -0.489 e. The van der Waals surface area contributed by atoms with E-state index in [1.807, 2.05) is 6.08 Å². The van der Waals surface area contributed by atoms with Crippen LogP contribution in [0.5, 0.6) is 0 Å². The molecule has 0 radical (unpaired) electrons. The van der Waals surface area contributed by atoms with Gasteiger partial charge in [0.1, 0.15) is 12.4 Å². The Balaban J connectivity index is 2.11. The Hall–Kier alpha value is -3.32. The lowest BCUT2D eigenvalue weighted by atomic mass is 9.66. The molecular formula is C28H26O. The van der Waals surface area contributed by atoms with Crippen LogP contribution in [0, 0.1) is 0 Å². The van der Waals surface area contributed by atoms with E-state index in [0.717, 1.165) is 12.2 Å². The third-order valence-corrected chi connectivity index (χ3v) is 5.62. The van der Waals surface area contributed by atoms with Crippen LogP contribution in [0.4, 0.5) is 0 Å². The summed E-state index contributed by atoms with van der Waals surface area (Å²) in [4.78, 5) is 0. The van der Waals surface area contributed by atoms with Crippen LogP contribution in [-0.2, 0) is 10.2 Å². The molecule has 0 saturated carbocycles. The Kier molecular flexibility index (Phi) is 5.48. The van der Waals surface area contributed by atoms with E-state index in [1.165, 1.54) is 27.8 Å². The zero-order valence-corrected chi connectivity index (χ0v) is 16.8. The van der Waals surface area contributed by atoms with Crippen LogP contribution < -0.4 is 0 Å². The van der Waals surface area contributed by atoms with Gasteiger partial charge in [0.2, 0.25) is 0 Å². The molecule has 0 bridgehead atoms. The molecule has 0 amide bonds. The first-order valence-corrected chi connectivity index (χ1v) is 10.1. The summed E-state index contributed by atoms with van der Waals surface area (Å²) in [7, 11) is 0. The lowest BCUT2D eigenvalue weighted by Gasteiger charge is -2.35. The van der Waals surface area contributed by atoms with Crippen molar-refractivity contribution in [2.24, 2.45) is 0 Å². The van der Waals surface area contributed by atoms with Crippen molar-refractivity contribution in [2.45, 2.75) is 18.8 Å². The second kappa shape index (κ2) is 8.36. The maximum atomic E-state index is 6.31. The highest BCUT2D eigenvalue weighted by Crippen LogP contribution is 2.55. The summed E-state index contributed by atoms with van der Waals surface area (Å²) in [5.41, 5.74) is 5.86. The molecule has 0 atom stereocenters. The lowest BCUT2D eigenvalue weighted by Crippen LogP contribution is -2.30. The molecule has 0 heterocycles. The van der Waals surface area contributed by atoms with Gasteiger partial charge in [-0.2, -0.15) is 0 Å². The van der Waals surface area contributed by atoms with Crippen LogP contribution in [0.3, 0.4) is 0 Å². The molecule has 3 aromatic rings. The van der Waals surface area contributed by atoms with Crippen LogP contribution in [0.2, 0.25) is 0 Å². The maximum absolute atomic E-state index is 6.31. The second-order valence-electron chi connectivity index (χ2n) is 7.21. The predicted octanol–water partition coefficient (Wildman–Crippen LogP) is 6.91. The quantitative estimate of drug-likeness (QED) is 0.406.